The van der Waals surface area contributed by atoms with E-state index in [4.69, 9.17) is 4.74 Å². The van der Waals surface area contributed by atoms with Crippen LogP contribution in [0.2, 0.25) is 0 Å². The molecule has 19 heavy (non-hydrogen) atoms. The van der Waals surface area contributed by atoms with Gasteiger partial charge in [0.2, 0.25) is 0 Å². The van der Waals surface area contributed by atoms with Crippen molar-refractivity contribution in [2.24, 2.45) is 0 Å². The standard InChI is InChI=1S/C14H18BrN3O/c1-2-16-11-12-5-3-6-13(15)14(12)19-10-9-18-8-4-7-17-18/h3-8,16H,2,9-11H2,1H3. The zero-order chi connectivity index (χ0) is 13.5. The van der Waals surface area contributed by atoms with E-state index in [1.165, 1.54) is 0 Å². The number of para-hydroxylation sites is 1. The Morgan fingerprint density at radius 2 is 2.26 bits per heavy atom. The van der Waals surface area contributed by atoms with Gasteiger partial charge in [0.05, 0.1) is 11.0 Å². The van der Waals surface area contributed by atoms with Crippen LogP contribution in [0.25, 0.3) is 0 Å². The van der Waals surface area contributed by atoms with E-state index in [1.807, 2.05) is 29.1 Å². The van der Waals surface area contributed by atoms with E-state index in [2.05, 4.69) is 39.3 Å². The molecule has 5 heteroatoms. The van der Waals surface area contributed by atoms with Gasteiger partial charge in [0, 0.05) is 24.5 Å². The fraction of sp³-hybridized carbons (Fsp3) is 0.357. The molecule has 0 atom stereocenters. The molecule has 1 heterocycles. The summed E-state index contributed by atoms with van der Waals surface area (Å²) in [5, 5.41) is 7.47. The smallest absolute Gasteiger partial charge is 0.138 e. The molecule has 0 spiro atoms. The molecule has 0 fully saturated rings. The summed E-state index contributed by atoms with van der Waals surface area (Å²) in [4.78, 5) is 0. The zero-order valence-corrected chi connectivity index (χ0v) is 12.6. The Bertz CT molecular complexity index is 499. The van der Waals surface area contributed by atoms with Crippen LogP contribution in [0.5, 0.6) is 5.75 Å². The van der Waals surface area contributed by atoms with Crippen molar-refractivity contribution in [2.75, 3.05) is 13.2 Å². The Morgan fingerprint density at radius 3 is 3.00 bits per heavy atom. The van der Waals surface area contributed by atoms with Gasteiger partial charge in [-0.2, -0.15) is 5.10 Å². The SMILES string of the molecule is CCNCc1cccc(Br)c1OCCn1cccn1. The Hall–Kier alpha value is -1.33. The lowest BCUT2D eigenvalue weighted by atomic mass is 10.2. The van der Waals surface area contributed by atoms with E-state index in [1.54, 1.807) is 6.20 Å². The van der Waals surface area contributed by atoms with E-state index < -0.39 is 0 Å². The number of benzene rings is 1. The molecule has 4 nitrogen and oxygen atoms in total. The lowest BCUT2D eigenvalue weighted by Gasteiger charge is -2.13. The average molecular weight is 324 g/mol. The third kappa shape index (κ3) is 4.08. The normalized spacial score (nSPS) is 10.6. The number of aromatic nitrogens is 2. The minimum Gasteiger partial charge on any atom is -0.490 e. The van der Waals surface area contributed by atoms with Crippen molar-refractivity contribution in [2.45, 2.75) is 20.0 Å². The molecule has 0 aliphatic heterocycles. The van der Waals surface area contributed by atoms with Crippen molar-refractivity contribution in [3.63, 3.8) is 0 Å². The first-order chi connectivity index (χ1) is 9.31. The Kier molecular flexibility index (Phi) is 5.42. The van der Waals surface area contributed by atoms with Crippen LogP contribution in [-0.4, -0.2) is 22.9 Å². The molecule has 0 bridgehead atoms. The molecule has 0 unspecified atom stereocenters. The van der Waals surface area contributed by atoms with Gasteiger partial charge in [-0.25, -0.2) is 0 Å². The van der Waals surface area contributed by atoms with Crippen LogP contribution in [0.4, 0.5) is 0 Å². The molecular formula is C14H18BrN3O. The number of nitrogens with zero attached hydrogens (tertiary/aromatic N) is 2. The maximum Gasteiger partial charge on any atom is 0.138 e. The third-order valence-electron chi connectivity index (χ3n) is 2.74. The maximum atomic E-state index is 5.89. The number of hydrogen-bond acceptors (Lipinski definition) is 3. The van der Waals surface area contributed by atoms with Crippen molar-refractivity contribution in [1.82, 2.24) is 15.1 Å². The molecule has 0 radical (unpaired) electrons. The molecule has 1 aromatic carbocycles. The van der Waals surface area contributed by atoms with Crippen molar-refractivity contribution >= 4 is 15.9 Å². The predicted molar refractivity (Wildman–Crippen MR) is 79.2 cm³/mol. The van der Waals surface area contributed by atoms with E-state index in [0.717, 1.165) is 35.4 Å². The highest BCUT2D eigenvalue weighted by Gasteiger charge is 2.07. The number of halogens is 1. The molecule has 2 rings (SSSR count). The Morgan fingerprint density at radius 1 is 1.37 bits per heavy atom. The molecule has 0 saturated carbocycles. The van der Waals surface area contributed by atoms with Gasteiger partial charge >= 0.3 is 0 Å². The topological polar surface area (TPSA) is 39.1 Å². The number of nitrogens with one attached hydrogen (secondary N) is 1. The molecule has 2 aromatic rings. The van der Waals surface area contributed by atoms with Gasteiger partial charge in [-0.3, -0.25) is 4.68 Å². The van der Waals surface area contributed by atoms with E-state index in [9.17, 15) is 0 Å². The second-order valence-corrected chi connectivity index (χ2v) is 4.98. The monoisotopic (exact) mass is 323 g/mol. The molecule has 1 N–H and O–H groups in total. The summed E-state index contributed by atoms with van der Waals surface area (Å²) < 4.78 is 8.74. The van der Waals surface area contributed by atoms with Gasteiger partial charge in [-0.1, -0.05) is 19.1 Å². The zero-order valence-electron chi connectivity index (χ0n) is 11.0. The van der Waals surface area contributed by atoms with Gasteiger partial charge in [0.1, 0.15) is 12.4 Å². The third-order valence-corrected chi connectivity index (χ3v) is 3.36. The summed E-state index contributed by atoms with van der Waals surface area (Å²) in [6.45, 7) is 5.20. The first-order valence-electron chi connectivity index (χ1n) is 6.39. The van der Waals surface area contributed by atoms with Crippen LogP contribution in [0.1, 0.15) is 12.5 Å². The number of rotatable bonds is 7. The van der Waals surface area contributed by atoms with Crippen LogP contribution in [0, 0.1) is 0 Å². The minimum absolute atomic E-state index is 0.601. The lowest BCUT2D eigenvalue weighted by Crippen LogP contribution is -2.14. The Labute approximate surface area is 121 Å². The van der Waals surface area contributed by atoms with Crippen LogP contribution in [0.3, 0.4) is 0 Å². The average Bonchev–Trinajstić information content (AvgIpc) is 2.92. The van der Waals surface area contributed by atoms with Crippen LogP contribution >= 0.6 is 15.9 Å². The largest absolute Gasteiger partial charge is 0.490 e. The van der Waals surface area contributed by atoms with Gasteiger partial charge in [-0.05, 0) is 34.6 Å². The second-order valence-electron chi connectivity index (χ2n) is 4.13. The molecule has 0 saturated heterocycles. The van der Waals surface area contributed by atoms with Gasteiger partial charge in [-0.15, -0.1) is 0 Å². The molecule has 1 aromatic heterocycles. The fourth-order valence-electron chi connectivity index (χ4n) is 1.79. The number of ether oxygens (including phenoxy) is 1. The summed E-state index contributed by atoms with van der Waals surface area (Å²) >= 11 is 3.54. The summed E-state index contributed by atoms with van der Waals surface area (Å²) in [5.74, 6) is 0.913. The van der Waals surface area contributed by atoms with Crippen molar-refractivity contribution in [3.05, 3.63) is 46.7 Å². The van der Waals surface area contributed by atoms with Crippen LogP contribution < -0.4 is 10.1 Å². The quantitative estimate of drug-likeness (QED) is 0.851. The summed E-state index contributed by atoms with van der Waals surface area (Å²) in [6.07, 6.45) is 3.71. The first kappa shape index (κ1) is 14.1. The van der Waals surface area contributed by atoms with E-state index >= 15 is 0 Å². The van der Waals surface area contributed by atoms with Gasteiger partial charge in [0.15, 0.2) is 0 Å². The molecule has 0 aliphatic carbocycles. The second kappa shape index (κ2) is 7.31. The highest BCUT2D eigenvalue weighted by molar-refractivity contribution is 9.10. The molecule has 0 amide bonds. The van der Waals surface area contributed by atoms with Crippen molar-refractivity contribution in [3.8, 4) is 5.75 Å². The van der Waals surface area contributed by atoms with Crippen molar-refractivity contribution < 1.29 is 4.74 Å². The van der Waals surface area contributed by atoms with E-state index in [0.29, 0.717) is 6.61 Å². The summed E-state index contributed by atoms with van der Waals surface area (Å²) in [5.41, 5.74) is 1.16. The highest BCUT2D eigenvalue weighted by Crippen LogP contribution is 2.29. The summed E-state index contributed by atoms with van der Waals surface area (Å²) in [7, 11) is 0. The highest BCUT2D eigenvalue weighted by atomic mass is 79.9. The fourth-order valence-corrected chi connectivity index (χ4v) is 2.31. The van der Waals surface area contributed by atoms with Crippen LogP contribution in [0.15, 0.2) is 41.1 Å². The predicted octanol–water partition coefficient (Wildman–Crippen LogP) is 2.83. The molecule has 102 valence electrons. The number of hydrogen-bond donors (Lipinski definition) is 1. The minimum atomic E-state index is 0.601. The summed E-state index contributed by atoms with van der Waals surface area (Å²) in [6, 6.07) is 8.02. The van der Waals surface area contributed by atoms with Crippen molar-refractivity contribution in [1.29, 1.82) is 0 Å². The van der Waals surface area contributed by atoms with Gasteiger partial charge < -0.3 is 10.1 Å². The van der Waals surface area contributed by atoms with Crippen LogP contribution in [-0.2, 0) is 13.1 Å². The van der Waals surface area contributed by atoms with E-state index in [-0.39, 0.29) is 0 Å². The Balaban J connectivity index is 1.97. The maximum absolute atomic E-state index is 5.89. The molecular weight excluding hydrogens is 306 g/mol. The van der Waals surface area contributed by atoms with Gasteiger partial charge in [0.25, 0.3) is 0 Å². The lowest BCUT2D eigenvalue weighted by molar-refractivity contribution is 0.286. The first-order valence-corrected chi connectivity index (χ1v) is 7.19. The molecule has 0 aliphatic rings.